The van der Waals surface area contributed by atoms with E-state index in [0.29, 0.717) is 55.8 Å². The molecule has 156 valence electrons. The number of carbonyl (C=O) groups is 2. The molecule has 0 atom stereocenters. The zero-order valence-corrected chi connectivity index (χ0v) is 18.1. The highest BCUT2D eigenvalue weighted by Crippen LogP contribution is 2.29. The molecule has 0 N–H and O–H groups in total. The Labute approximate surface area is 168 Å². The highest BCUT2D eigenvalue weighted by molar-refractivity contribution is 5.95. The van der Waals surface area contributed by atoms with Gasteiger partial charge in [0, 0.05) is 37.2 Å². The molecular formula is C22H34N2O4. The van der Waals surface area contributed by atoms with Crippen LogP contribution in [-0.4, -0.2) is 61.5 Å². The maximum absolute atomic E-state index is 12.9. The Bertz CT molecular complexity index is 686. The van der Waals surface area contributed by atoms with E-state index < -0.39 is 5.41 Å². The van der Waals surface area contributed by atoms with E-state index in [4.69, 9.17) is 9.47 Å². The van der Waals surface area contributed by atoms with Gasteiger partial charge in [0.1, 0.15) is 0 Å². The molecule has 1 aliphatic rings. The molecule has 28 heavy (non-hydrogen) atoms. The molecular weight excluding hydrogens is 356 g/mol. The minimum Gasteiger partial charge on any atom is -0.493 e. The Balaban J connectivity index is 2.00. The number of piperazine rings is 1. The lowest BCUT2D eigenvalue weighted by Gasteiger charge is -2.37. The van der Waals surface area contributed by atoms with Crippen molar-refractivity contribution in [2.75, 3.05) is 39.9 Å². The number of hydrogen-bond acceptors (Lipinski definition) is 4. The summed E-state index contributed by atoms with van der Waals surface area (Å²) in [5, 5.41) is 0. The minimum atomic E-state index is -0.398. The van der Waals surface area contributed by atoms with Gasteiger partial charge in [-0.15, -0.1) is 0 Å². The molecule has 6 nitrogen and oxygen atoms in total. The molecule has 0 spiro atoms. The number of amides is 2. The lowest BCUT2D eigenvalue weighted by atomic mass is 9.94. The highest BCUT2D eigenvalue weighted by Gasteiger charge is 2.31. The van der Waals surface area contributed by atoms with Crippen molar-refractivity contribution in [3.05, 3.63) is 23.8 Å². The van der Waals surface area contributed by atoms with Crippen LogP contribution < -0.4 is 9.47 Å². The zero-order valence-electron chi connectivity index (χ0n) is 18.1. The molecule has 1 fully saturated rings. The fourth-order valence-corrected chi connectivity index (χ4v) is 3.09. The van der Waals surface area contributed by atoms with Crippen LogP contribution in [-0.2, 0) is 4.79 Å². The van der Waals surface area contributed by atoms with Crippen molar-refractivity contribution in [1.29, 1.82) is 0 Å². The van der Waals surface area contributed by atoms with Gasteiger partial charge >= 0.3 is 0 Å². The summed E-state index contributed by atoms with van der Waals surface area (Å²) in [4.78, 5) is 28.9. The highest BCUT2D eigenvalue weighted by atomic mass is 16.5. The summed E-state index contributed by atoms with van der Waals surface area (Å²) in [5.41, 5.74) is 0.175. The molecule has 0 radical (unpaired) electrons. The first kappa shape index (κ1) is 22.1. The van der Waals surface area contributed by atoms with E-state index in [1.165, 1.54) is 0 Å². The predicted octanol–water partition coefficient (Wildman–Crippen LogP) is 3.45. The standard InChI is InChI=1S/C22H34N2O4/c1-16(2)9-14-28-18-8-7-17(15-19(18)27-6)20(25)23-10-12-24(13-11-23)21(26)22(3,4)5/h7-8,15-16H,9-14H2,1-6H3. The second-order valence-electron chi connectivity index (χ2n) is 8.73. The van der Waals surface area contributed by atoms with Crippen molar-refractivity contribution in [3.63, 3.8) is 0 Å². The summed E-state index contributed by atoms with van der Waals surface area (Å²) in [5.74, 6) is 1.87. The van der Waals surface area contributed by atoms with E-state index in [1.54, 1.807) is 30.2 Å². The van der Waals surface area contributed by atoms with Crippen LogP contribution >= 0.6 is 0 Å². The number of rotatable bonds is 6. The Kier molecular flexibility index (Phi) is 7.33. The van der Waals surface area contributed by atoms with Gasteiger partial charge in [-0.3, -0.25) is 9.59 Å². The maximum Gasteiger partial charge on any atom is 0.254 e. The SMILES string of the molecule is COc1cc(C(=O)N2CCN(C(=O)C(C)(C)C)CC2)ccc1OCCC(C)C. The largest absolute Gasteiger partial charge is 0.493 e. The van der Waals surface area contributed by atoms with Gasteiger partial charge in [-0.2, -0.15) is 0 Å². The fourth-order valence-electron chi connectivity index (χ4n) is 3.09. The molecule has 0 saturated carbocycles. The normalized spacial score (nSPS) is 15.0. The van der Waals surface area contributed by atoms with Crippen molar-refractivity contribution in [1.82, 2.24) is 9.80 Å². The summed E-state index contributed by atoms with van der Waals surface area (Å²) in [7, 11) is 1.58. The number of hydrogen-bond donors (Lipinski definition) is 0. The number of benzene rings is 1. The summed E-state index contributed by atoms with van der Waals surface area (Å²) in [6, 6.07) is 5.31. The van der Waals surface area contributed by atoms with Gasteiger partial charge in [-0.05, 0) is 30.5 Å². The van der Waals surface area contributed by atoms with Gasteiger partial charge < -0.3 is 19.3 Å². The van der Waals surface area contributed by atoms with Crippen LogP contribution in [0, 0.1) is 11.3 Å². The fraction of sp³-hybridized carbons (Fsp3) is 0.636. The third-order valence-corrected chi connectivity index (χ3v) is 4.86. The van der Waals surface area contributed by atoms with E-state index in [-0.39, 0.29) is 11.8 Å². The first-order valence-electron chi connectivity index (χ1n) is 10.0. The van der Waals surface area contributed by atoms with Crippen molar-refractivity contribution < 1.29 is 19.1 Å². The lowest BCUT2D eigenvalue weighted by molar-refractivity contribution is -0.140. The van der Waals surface area contributed by atoms with Crippen LogP contribution in [0.3, 0.4) is 0 Å². The zero-order chi connectivity index (χ0) is 20.9. The van der Waals surface area contributed by atoms with E-state index in [1.807, 2.05) is 25.7 Å². The molecule has 1 heterocycles. The van der Waals surface area contributed by atoms with Gasteiger partial charge in [0.15, 0.2) is 11.5 Å². The van der Waals surface area contributed by atoms with E-state index in [2.05, 4.69) is 13.8 Å². The Hall–Kier alpha value is -2.24. The van der Waals surface area contributed by atoms with Crippen LogP contribution in [0.1, 0.15) is 51.4 Å². The minimum absolute atomic E-state index is 0.0464. The molecule has 0 aliphatic carbocycles. The Morgan fingerprint density at radius 1 is 1.04 bits per heavy atom. The van der Waals surface area contributed by atoms with Crippen molar-refractivity contribution >= 4 is 11.8 Å². The van der Waals surface area contributed by atoms with Crippen LogP contribution in [0.15, 0.2) is 18.2 Å². The Morgan fingerprint density at radius 3 is 2.18 bits per heavy atom. The quantitative estimate of drug-likeness (QED) is 0.746. The molecule has 2 rings (SSSR count). The van der Waals surface area contributed by atoms with E-state index in [0.717, 1.165) is 6.42 Å². The number of ether oxygens (including phenoxy) is 2. The average Bonchev–Trinajstić information content (AvgIpc) is 2.66. The van der Waals surface area contributed by atoms with Crippen molar-refractivity contribution in [2.45, 2.75) is 41.0 Å². The third-order valence-electron chi connectivity index (χ3n) is 4.86. The van der Waals surface area contributed by atoms with Gasteiger partial charge in [0.25, 0.3) is 5.91 Å². The monoisotopic (exact) mass is 390 g/mol. The Morgan fingerprint density at radius 2 is 1.64 bits per heavy atom. The summed E-state index contributed by atoms with van der Waals surface area (Å²) >= 11 is 0. The van der Waals surface area contributed by atoms with Crippen LogP contribution in [0.25, 0.3) is 0 Å². The molecule has 1 aromatic carbocycles. The van der Waals surface area contributed by atoms with Crippen LogP contribution in [0.5, 0.6) is 11.5 Å². The topological polar surface area (TPSA) is 59.1 Å². The molecule has 1 saturated heterocycles. The van der Waals surface area contributed by atoms with Gasteiger partial charge in [0.2, 0.25) is 5.91 Å². The summed E-state index contributed by atoms with van der Waals surface area (Å²) in [6.07, 6.45) is 0.960. The third kappa shape index (κ3) is 5.63. The molecule has 1 aliphatic heterocycles. The number of carbonyl (C=O) groups excluding carboxylic acids is 2. The first-order chi connectivity index (χ1) is 13.1. The lowest BCUT2D eigenvalue weighted by Crippen LogP contribution is -2.53. The molecule has 1 aromatic rings. The molecule has 2 amide bonds. The van der Waals surface area contributed by atoms with Crippen molar-refractivity contribution in [2.24, 2.45) is 11.3 Å². The van der Waals surface area contributed by atoms with E-state index in [9.17, 15) is 9.59 Å². The first-order valence-corrected chi connectivity index (χ1v) is 10.0. The maximum atomic E-state index is 12.9. The second kappa shape index (κ2) is 9.30. The van der Waals surface area contributed by atoms with Crippen LogP contribution in [0.2, 0.25) is 0 Å². The van der Waals surface area contributed by atoms with Crippen LogP contribution in [0.4, 0.5) is 0 Å². The van der Waals surface area contributed by atoms with E-state index >= 15 is 0 Å². The molecule has 0 unspecified atom stereocenters. The molecule has 6 heteroatoms. The van der Waals surface area contributed by atoms with Crippen molar-refractivity contribution in [3.8, 4) is 11.5 Å². The second-order valence-corrected chi connectivity index (χ2v) is 8.73. The van der Waals surface area contributed by atoms with Gasteiger partial charge in [-0.25, -0.2) is 0 Å². The summed E-state index contributed by atoms with van der Waals surface area (Å²) in [6.45, 7) is 12.9. The average molecular weight is 391 g/mol. The molecule has 0 bridgehead atoms. The predicted molar refractivity (Wildman–Crippen MR) is 110 cm³/mol. The number of nitrogens with zero attached hydrogens (tertiary/aromatic N) is 2. The molecule has 0 aromatic heterocycles. The van der Waals surface area contributed by atoms with Gasteiger partial charge in [0.05, 0.1) is 13.7 Å². The number of methoxy groups -OCH3 is 1. The smallest absolute Gasteiger partial charge is 0.254 e. The van der Waals surface area contributed by atoms with Gasteiger partial charge in [-0.1, -0.05) is 34.6 Å². The summed E-state index contributed by atoms with van der Waals surface area (Å²) < 4.78 is 11.2.